The molecule has 21 heavy (non-hydrogen) atoms. The molecule has 106 valence electrons. The third-order valence-corrected chi connectivity index (χ3v) is 2.91. The van der Waals surface area contributed by atoms with Gasteiger partial charge in [0.2, 0.25) is 0 Å². The highest BCUT2D eigenvalue weighted by Crippen LogP contribution is 2.25. The highest BCUT2D eigenvalue weighted by Gasteiger charge is 2.22. The first-order valence-corrected chi connectivity index (χ1v) is 6.51. The number of para-hydroxylation sites is 1. The van der Waals surface area contributed by atoms with Crippen molar-refractivity contribution < 1.29 is 13.9 Å². The topological polar surface area (TPSA) is 70.2 Å². The summed E-state index contributed by atoms with van der Waals surface area (Å²) in [6.45, 7) is 2.02. The average Bonchev–Trinajstić information content (AvgIpc) is 3.17. The number of benzene rings is 1. The first kappa shape index (κ1) is 13.1. The van der Waals surface area contributed by atoms with Gasteiger partial charge in [-0.3, -0.25) is 0 Å². The quantitative estimate of drug-likeness (QED) is 0.688. The van der Waals surface area contributed by atoms with Crippen LogP contribution in [0.4, 0.5) is 0 Å². The molecule has 0 bridgehead atoms. The van der Waals surface area contributed by atoms with Crippen LogP contribution in [-0.4, -0.2) is 27.3 Å². The molecule has 0 saturated heterocycles. The van der Waals surface area contributed by atoms with Gasteiger partial charge in [0, 0.05) is 0 Å². The molecule has 0 amide bonds. The fraction of sp³-hybridized carbons (Fsp3) is 0.133. The van der Waals surface area contributed by atoms with Gasteiger partial charge in [0.15, 0.2) is 17.8 Å². The minimum atomic E-state index is -0.512. The first-order valence-electron chi connectivity index (χ1n) is 6.51. The molecule has 6 nitrogen and oxygen atoms in total. The lowest BCUT2D eigenvalue weighted by Crippen LogP contribution is -2.07. The van der Waals surface area contributed by atoms with Gasteiger partial charge in [-0.15, -0.1) is 0 Å². The number of hydrogen-bond donors (Lipinski definition) is 0. The van der Waals surface area contributed by atoms with Crippen molar-refractivity contribution in [2.24, 2.45) is 0 Å². The van der Waals surface area contributed by atoms with Gasteiger partial charge in [-0.05, 0) is 25.1 Å². The van der Waals surface area contributed by atoms with Crippen molar-refractivity contribution in [1.82, 2.24) is 14.8 Å². The Morgan fingerprint density at radius 1 is 1.29 bits per heavy atom. The molecule has 0 aliphatic rings. The van der Waals surface area contributed by atoms with E-state index < -0.39 is 5.97 Å². The number of aromatic nitrogens is 3. The number of rotatable bonds is 4. The predicted molar refractivity (Wildman–Crippen MR) is 75.0 cm³/mol. The van der Waals surface area contributed by atoms with Crippen LogP contribution in [0.1, 0.15) is 17.4 Å². The molecule has 0 saturated carbocycles. The largest absolute Gasteiger partial charge is 0.461 e. The third kappa shape index (κ3) is 2.43. The van der Waals surface area contributed by atoms with E-state index in [0.29, 0.717) is 11.5 Å². The van der Waals surface area contributed by atoms with Crippen LogP contribution in [0.3, 0.4) is 0 Å². The van der Waals surface area contributed by atoms with E-state index >= 15 is 0 Å². The van der Waals surface area contributed by atoms with Gasteiger partial charge in [0.1, 0.15) is 5.69 Å². The maximum atomic E-state index is 11.9. The van der Waals surface area contributed by atoms with Crippen molar-refractivity contribution in [1.29, 1.82) is 0 Å². The van der Waals surface area contributed by atoms with Gasteiger partial charge >= 0.3 is 5.97 Å². The zero-order valence-corrected chi connectivity index (χ0v) is 11.4. The second-order valence-electron chi connectivity index (χ2n) is 4.21. The van der Waals surface area contributed by atoms with Crippen molar-refractivity contribution in [2.45, 2.75) is 6.92 Å². The van der Waals surface area contributed by atoms with Crippen molar-refractivity contribution in [2.75, 3.05) is 6.61 Å². The van der Waals surface area contributed by atoms with Gasteiger partial charge in [-0.25, -0.2) is 14.5 Å². The van der Waals surface area contributed by atoms with Crippen LogP contribution in [0.5, 0.6) is 0 Å². The van der Waals surface area contributed by atoms with Crippen LogP contribution < -0.4 is 0 Å². The molecule has 6 heteroatoms. The summed E-state index contributed by atoms with van der Waals surface area (Å²) in [4.78, 5) is 15.8. The predicted octanol–water partition coefficient (Wildman–Crippen LogP) is 2.70. The smallest absolute Gasteiger partial charge is 0.361 e. The molecule has 2 heterocycles. The molecule has 3 rings (SSSR count). The van der Waals surface area contributed by atoms with Gasteiger partial charge in [0.05, 0.1) is 18.5 Å². The van der Waals surface area contributed by atoms with E-state index in [1.807, 2.05) is 30.3 Å². The van der Waals surface area contributed by atoms with Crippen LogP contribution in [0.2, 0.25) is 0 Å². The third-order valence-electron chi connectivity index (χ3n) is 2.91. The normalized spacial score (nSPS) is 10.5. The van der Waals surface area contributed by atoms with Crippen molar-refractivity contribution >= 4 is 5.97 Å². The molecule has 0 radical (unpaired) electrons. The van der Waals surface area contributed by atoms with Crippen LogP contribution in [-0.2, 0) is 4.74 Å². The van der Waals surface area contributed by atoms with Crippen molar-refractivity contribution in [3.63, 3.8) is 0 Å². The SMILES string of the molecule is CCOC(=O)c1ncoc1-c1ccnn1-c1ccccc1. The lowest BCUT2D eigenvalue weighted by atomic mass is 10.2. The lowest BCUT2D eigenvalue weighted by molar-refractivity contribution is 0.0520. The van der Waals surface area contributed by atoms with Crippen molar-refractivity contribution in [3.8, 4) is 17.1 Å². The molecular formula is C15H13N3O3. The van der Waals surface area contributed by atoms with Gasteiger partial charge in [-0.1, -0.05) is 18.2 Å². The molecule has 0 spiro atoms. The summed E-state index contributed by atoms with van der Waals surface area (Å²) in [5.74, 6) is -0.170. The summed E-state index contributed by atoms with van der Waals surface area (Å²) < 4.78 is 12.0. The summed E-state index contributed by atoms with van der Waals surface area (Å²) in [6, 6.07) is 11.3. The Labute approximate surface area is 121 Å². The molecule has 0 aliphatic carbocycles. The van der Waals surface area contributed by atoms with Crippen LogP contribution in [0.25, 0.3) is 17.1 Å². The van der Waals surface area contributed by atoms with E-state index in [1.165, 1.54) is 6.39 Å². The summed E-state index contributed by atoms with van der Waals surface area (Å²) in [6.07, 6.45) is 2.86. The minimum absolute atomic E-state index is 0.148. The second kappa shape index (κ2) is 5.62. The van der Waals surface area contributed by atoms with Gasteiger partial charge < -0.3 is 9.15 Å². The standard InChI is InChI=1S/C15H13N3O3/c1-2-20-15(19)13-14(21-10-16-13)12-8-9-17-18(12)11-6-4-3-5-7-11/h3-10H,2H2,1H3. The van der Waals surface area contributed by atoms with Crippen LogP contribution in [0.15, 0.2) is 53.4 Å². The molecule has 0 unspecified atom stereocenters. The number of esters is 1. The van der Waals surface area contributed by atoms with E-state index in [1.54, 1.807) is 23.9 Å². The number of nitrogens with zero attached hydrogens (tertiary/aromatic N) is 3. The number of carbonyl (C=O) groups excluding carboxylic acids is 1. The highest BCUT2D eigenvalue weighted by molar-refractivity contribution is 5.93. The number of ether oxygens (including phenoxy) is 1. The summed E-state index contributed by atoms with van der Waals surface area (Å²) in [7, 11) is 0. The van der Waals surface area contributed by atoms with Crippen LogP contribution >= 0.6 is 0 Å². The fourth-order valence-electron chi connectivity index (χ4n) is 2.02. The molecule has 0 N–H and O–H groups in total. The van der Waals surface area contributed by atoms with E-state index in [-0.39, 0.29) is 12.3 Å². The van der Waals surface area contributed by atoms with E-state index in [2.05, 4.69) is 10.1 Å². The van der Waals surface area contributed by atoms with E-state index in [0.717, 1.165) is 5.69 Å². The Balaban J connectivity index is 2.06. The number of oxazole rings is 1. The molecule has 1 aromatic carbocycles. The second-order valence-corrected chi connectivity index (χ2v) is 4.21. The maximum Gasteiger partial charge on any atom is 0.361 e. The number of carbonyl (C=O) groups is 1. The molecule has 0 aliphatic heterocycles. The monoisotopic (exact) mass is 283 g/mol. The molecule has 0 atom stereocenters. The van der Waals surface area contributed by atoms with E-state index in [9.17, 15) is 4.79 Å². The molecule has 3 aromatic rings. The molecular weight excluding hydrogens is 270 g/mol. The lowest BCUT2D eigenvalue weighted by Gasteiger charge is -2.06. The fourth-order valence-corrected chi connectivity index (χ4v) is 2.02. The Hall–Kier alpha value is -2.89. The summed E-state index contributed by atoms with van der Waals surface area (Å²) in [5, 5.41) is 4.27. The Morgan fingerprint density at radius 2 is 2.10 bits per heavy atom. The van der Waals surface area contributed by atoms with Gasteiger partial charge in [0.25, 0.3) is 0 Å². The first-order chi connectivity index (χ1) is 10.3. The average molecular weight is 283 g/mol. The van der Waals surface area contributed by atoms with Crippen LogP contribution in [0, 0.1) is 0 Å². The molecule has 2 aromatic heterocycles. The highest BCUT2D eigenvalue weighted by atomic mass is 16.5. The maximum absolute atomic E-state index is 11.9. The van der Waals surface area contributed by atoms with E-state index in [4.69, 9.17) is 9.15 Å². The molecule has 0 fully saturated rings. The zero-order valence-electron chi connectivity index (χ0n) is 11.4. The van der Waals surface area contributed by atoms with Gasteiger partial charge in [-0.2, -0.15) is 5.10 Å². The van der Waals surface area contributed by atoms with Crippen molar-refractivity contribution in [3.05, 3.63) is 54.7 Å². The Bertz CT molecular complexity index is 746. The number of hydrogen-bond acceptors (Lipinski definition) is 5. The Morgan fingerprint density at radius 3 is 2.86 bits per heavy atom. The summed E-state index contributed by atoms with van der Waals surface area (Å²) >= 11 is 0. The summed E-state index contributed by atoms with van der Waals surface area (Å²) in [5.41, 5.74) is 1.65. The minimum Gasteiger partial charge on any atom is -0.461 e. The zero-order chi connectivity index (χ0) is 14.7. The Kier molecular flexibility index (Phi) is 3.51.